The number of nitrogens with zero attached hydrogens (tertiary/aromatic N) is 2. The normalized spacial score (nSPS) is 22.1. The van der Waals surface area contributed by atoms with E-state index in [1.807, 2.05) is 0 Å². The first-order chi connectivity index (χ1) is 6.47. The third-order valence-electron chi connectivity index (χ3n) is 3.36. The standard InChI is InChI=1S/C12H20N2/c1-9-7-11-8-10(12(2,3)4)5-6-14(11)13-9/h7,10H,5-6,8H2,1-4H3. The number of rotatable bonds is 0. The number of hydrogen-bond donors (Lipinski definition) is 0. The van der Waals surface area contributed by atoms with Gasteiger partial charge in [0.1, 0.15) is 0 Å². The molecule has 2 heterocycles. The fourth-order valence-electron chi connectivity index (χ4n) is 2.33. The number of aryl methyl sites for hydroxylation is 2. The van der Waals surface area contributed by atoms with E-state index in [-0.39, 0.29) is 0 Å². The van der Waals surface area contributed by atoms with E-state index >= 15 is 0 Å². The Labute approximate surface area is 86.3 Å². The maximum absolute atomic E-state index is 4.48. The molecule has 2 nitrogen and oxygen atoms in total. The van der Waals surface area contributed by atoms with Crippen molar-refractivity contribution in [2.24, 2.45) is 11.3 Å². The summed E-state index contributed by atoms with van der Waals surface area (Å²) < 4.78 is 2.18. The highest BCUT2D eigenvalue weighted by atomic mass is 15.3. The maximum Gasteiger partial charge on any atom is 0.0596 e. The second-order valence-electron chi connectivity index (χ2n) is 5.56. The Morgan fingerprint density at radius 3 is 2.79 bits per heavy atom. The minimum Gasteiger partial charge on any atom is -0.269 e. The molecule has 1 aromatic rings. The SMILES string of the molecule is Cc1cc2n(n1)CCC(C(C)(C)C)C2. The molecule has 78 valence electrons. The zero-order valence-corrected chi connectivity index (χ0v) is 9.67. The first-order valence-corrected chi connectivity index (χ1v) is 5.50. The molecular weight excluding hydrogens is 172 g/mol. The van der Waals surface area contributed by atoms with E-state index in [0.717, 1.165) is 18.2 Å². The van der Waals surface area contributed by atoms with Gasteiger partial charge in [0, 0.05) is 12.2 Å². The van der Waals surface area contributed by atoms with Crippen LogP contribution in [0.15, 0.2) is 6.07 Å². The smallest absolute Gasteiger partial charge is 0.0596 e. The molecule has 1 aromatic heterocycles. The summed E-state index contributed by atoms with van der Waals surface area (Å²) >= 11 is 0. The molecule has 2 rings (SSSR count). The minimum absolute atomic E-state index is 0.434. The Hall–Kier alpha value is -0.790. The van der Waals surface area contributed by atoms with Gasteiger partial charge in [-0.1, -0.05) is 20.8 Å². The van der Waals surface area contributed by atoms with Crippen molar-refractivity contribution in [3.63, 3.8) is 0 Å². The van der Waals surface area contributed by atoms with E-state index < -0.39 is 0 Å². The van der Waals surface area contributed by atoms with Gasteiger partial charge >= 0.3 is 0 Å². The Kier molecular flexibility index (Phi) is 2.17. The molecule has 1 unspecified atom stereocenters. The molecule has 0 saturated carbocycles. The molecule has 0 spiro atoms. The molecule has 0 aliphatic carbocycles. The molecule has 0 aromatic carbocycles. The van der Waals surface area contributed by atoms with Gasteiger partial charge in [-0.05, 0) is 37.2 Å². The fourth-order valence-corrected chi connectivity index (χ4v) is 2.33. The van der Waals surface area contributed by atoms with Crippen LogP contribution in [0.5, 0.6) is 0 Å². The Bertz CT molecular complexity index is 331. The number of aromatic nitrogens is 2. The summed E-state index contributed by atoms with van der Waals surface area (Å²) in [5, 5.41) is 4.48. The zero-order chi connectivity index (χ0) is 10.3. The summed E-state index contributed by atoms with van der Waals surface area (Å²) in [5.41, 5.74) is 3.02. The zero-order valence-electron chi connectivity index (χ0n) is 9.67. The van der Waals surface area contributed by atoms with Gasteiger partial charge in [0.15, 0.2) is 0 Å². The second kappa shape index (κ2) is 3.11. The molecule has 0 bridgehead atoms. The van der Waals surface area contributed by atoms with Crippen molar-refractivity contribution in [1.82, 2.24) is 9.78 Å². The highest BCUT2D eigenvalue weighted by molar-refractivity contribution is 5.12. The van der Waals surface area contributed by atoms with E-state index in [1.54, 1.807) is 0 Å². The summed E-state index contributed by atoms with van der Waals surface area (Å²) in [7, 11) is 0. The molecule has 1 atom stereocenters. The summed E-state index contributed by atoms with van der Waals surface area (Å²) in [6.07, 6.45) is 2.47. The Morgan fingerprint density at radius 2 is 2.14 bits per heavy atom. The van der Waals surface area contributed by atoms with Gasteiger partial charge in [-0.15, -0.1) is 0 Å². The van der Waals surface area contributed by atoms with Crippen molar-refractivity contribution in [2.45, 2.75) is 47.1 Å². The van der Waals surface area contributed by atoms with Crippen LogP contribution < -0.4 is 0 Å². The summed E-state index contributed by atoms with van der Waals surface area (Å²) in [5.74, 6) is 0.811. The fraction of sp³-hybridized carbons (Fsp3) is 0.750. The molecule has 1 aliphatic rings. The van der Waals surface area contributed by atoms with Crippen LogP contribution in [0.2, 0.25) is 0 Å². The van der Waals surface area contributed by atoms with Crippen LogP contribution in [0, 0.1) is 18.3 Å². The number of fused-ring (bicyclic) bond motifs is 1. The van der Waals surface area contributed by atoms with E-state index in [4.69, 9.17) is 0 Å². The molecular formula is C12H20N2. The Balaban J connectivity index is 2.21. The molecule has 14 heavy (non-hydrogen) atoms. The van der Waals surface area contributed by atoms with Crippen molar-refractivity contribution in [2.75, 3.05) is 0 Å². The Morgan fingerprint density at radius 1 is 1.43 bits per heavy atom. The molecule has 0 amide bonds. The number of hydrogen-bond acceptors (Lipinski definition) is 1. The molecule has 0 fully saturated rings. The minimum atomic E-state index is 0.434. The van der Waals surface area contributed by atoms with Crippen molar-refractivity contribution in [3.05, 3.63) is 17.5 Å². The van der Waals surface area contributed by atoms with Crippen LogP contribution in [0.25, 0.3) is 0 Å². The molecule has 1 aliphatic heterocycles. The van der Waals surface area contributed by atoms with Gasteiger partial charge < -0.3 is 0 Å². The predicted octanol–water partition coefficient (Wildman–Crippen LogP) is 2.80. The van der Waals surface area contributed by atoms with Crippen LogP contribution >= 0.6 is 0 Å². The van der Waals surface area contributed by atoms with Crippen LogP contribution in [-0.2, 0) is 13.0 Å². The molecule has 0 radical (unpaired) electrons. The lowest BCUT2D eigenvalue weighted by Crippen LogP contribution is -2.29. The average molecular weight is 192 g/mol. The summed E-state index contributed by atoms with van der Waals surface area (Å²) in [6, 6.07) is 2.23. The van der Waals surface area contributed by atoms with Gasteiger partial charge in [-0.2, -0.15) is 5.10 Å². The van der Waals surface area contributed by atoms with E-state index in [9.17, 15) is 0 Å². The lowest BCUT2D eigenvalue weighted by atomic mass is 9.75. The highest BCUT2D eigenvalue weighted by Crippen LogP contribution is 2.34. The maximum atomic E-state index is 4.48. The lowest BCUT2D eigenvalue weighted by molar-refractivity contribution is 0.190. The van der Waals surface area contributed by atoms with Crippen LogP contribution in [-0.4, -0.2) is 9.78 Å². The third kappa shape index (κ3) is 1.70. The second-order valence-corrected chi connectivity index (χ2v) is 5.56. The topological polar surface area (TPSA) is 17.8 Å². The lowest BCUT2D eigenvalue weighted by Gasteiger charge is -2.34. The largest absolute Gasteiger partial charge is 0.269 e. The van der Waals surface area contributed by atoms with Gasteiger partial charge in [-0.3, -0.25) is 4.68 Å². The summed E-state index contributed by atoms with van der Waals surface area (Å²) in [4.78, 5) is 0. The van der Waals surface area contributed by atoms with E-state index in [1.165, 1.54) is 18.5 Å². The van der Waals surface area contributed by atoms with Crippen molar-refractivity contribution < 1.29 is 0 Å². The first kappa shape index (κ1) is 9.75. The van der Waals surface area contributed by atoms with Crippen LogP contribution in [0.3, 0.4) is 0 Å². The van der Waals surface area contributed by atoms with Gasteiger partial charge in [0.2, 0.25) is 0 Å². The monoisotopic (exact) mass is 192 g/mol. The van der Waals surface area contributed by atoms with Gasteiger partial charge in [-0.25, -0.2) is 0 Å². The highest BCUT2D eigenvalue weighted by Gasteiger charge is 2.29. The van der Waals surface area contributed by atoms with Gasteiger partial charge in [0.05, 0.1) is 5.69 Å². The molecule has 0 N–H and O–H groups in total. The van der Waals surface area contributed by atoms with E-state index in [0.29, 0.717) is 5.41 Å². The van der Waals surface area contributed by atoms with Gasteiger partial charge in [0.25, 0.3) is 0 Å². The van der Waals surface area contributed by atoms with Crippen LogP contribution in [0.1, 0.15) is 38.6 Å². The quantitative estimate of drug-likeness (QED) is 0.618. The average Bonchev–Trinajstić information content (AvgIpc) is 2.41. The molecule has 0 saturated heterocycles. The third-order valence-corrected chi connectivity index (χ3v) is 3.36. The van der Waals surface area contributed by atoms with E-state index in [2.05, 4.69) is 43.5 Å². The van der Waals surface area contributed by atoms with Crippen molar-refractivity contribution in [3.8, 4) is 0 Å². The van der Waals surface area contributed by atoms with Crippen molar-refractivity contribution >= 4 is 0 Å². The summed E-state index contributed by atoms with van der Waals surface area (Å²) in [6.45, 7) is 10.2. The van der Waals surface area contributed by atoms with Crippen molar-refractivity contribution in [1.29, 1.82) is 0 Å². The van der Waals surface area contributed by atoms with Crippen LogP contribution in [0.4, 0.5) is 0 Å². The predicted molar refractivity (Wildman–Crippen MR) is 58.2 cm³/mol. The molecule has 2 heteroatoms. The first-order valence-electron chi connectivity index (χ1n) is 5.50.